The van der Waals surface area contributed by atoms with Crippen molar-refractivity contribution in [2.24, 2.45) is 0 Å². The summed E-state index contributed by atoms with van der Waals surface area (Å²) in [7, 11) is 1.33. The Hall–Kier alpha value is -1.36. The Labute approximate surface area is 103 Å². The Kier molecular flexibility index (Phi) is 5.15. The topological polar surface area (TPSA) is 43.4 Å². The summed E-state index contributed by atoms with van der Waals surface area (Å²) in [5.74, 6) is -0.431. The molecule has 0 heterocycles. The molecule has 0 unspecified atom stereocenters. The van der Waals surface area contributed by atoms with Crippen molar-refractivity contribution in [2.45, 2.75) is 18.2 Å². The van der Waals surface area contributed by atoms with E-state index in [1.165, 1.54) is 37.9 Å². The van der Waals surface area contributed by atoms with Gasteiger partial charge < -0.3 is 4.74 Å². The summed E-state index contributed by atoms with van der Waals surface area (Å²) in [6.07, 6.45) is 0.260. The third-order valence-corrected chi connectivity index (χ3v) is 3.19. The lowest BCUT2D eigenvalue weighted by Gasteiger charge is -2.06. The molecule has 5 heteroatoms. The second-order valence-corrected chi connectivity index (χ2v) is 4.51. The number of carbonyl (C=O) groups is 2. The van der Waals surface area contributed by atoms with Crippen LogP contribution in [-0.4, -0.2) is 24.6 Å². The van der Waals surface area contributed by atoms with E-state index in [1.807, 2.05) is 0 Å². The summed E-state index contributed by atoms with van der Waals surface area (Å²) >= 11 is 1.34. The molecule has 0 atom stereocenters. The molecule has 0 aliphatic heterocycles. The van der Waals surface area contributed by atoms with Crippen LogP contribution in [0.4, 0.5) is 4.39 Å². The predicted molar refractivity (Wildman–Crippen MR) is 63.8 cm³/mol. The molecule has 0 fully saturated rings. The highest BCUT2D eigenvalue weighted by molar-refractivity contribution is 7.99. The fourth-order valence-corrected chi connectivity index (χ4v) is 2.26. The zero-order chi connectivity index (χ0) is 12.8. The second-order valence-electron chi connectivity index (χ2n) is 3.37. The molecule has 0 aliphatic rings. The van der Waals surface area contributed by atoms with Crippen LogP contribution >= 0.6 is 11.8 Å². The molecular weight excluding hydrogens is 243 g/mol. The van der Waals surface area contributed by atoms with Gasteiger partial charge in [0.15, 0.2) is 5.78 Å². The van der Waals surface area contributed by atoms with Crippen LogP contribution < -0.4 is 0 Å². The Balaban J connectivity index is 2.70. The lowest BCUT2D eigenvalue weighted by atomic mass is 10.1. The van der Waals surface area contributed by atoms with Crippen molar-refractivity contribution in [1.82, 2.24) is 0 Å². The van der Waals surface area contributed by atoms with Gasteiger partial charge in [-0.3, -0.25) is 9.59 Å². The number of hydrogen-bond acceptors (Lipinski definition) is 4. The number of methoxy groups -OCH3 is 1. The van der Waals surface area contributed by atoms with Gasteiger partial charge in [-0.1, -0.05) is 0 Å². The Bertz CT molecular complexity index is 432. The molecular formula is C12H13FO3S. The predicted octanol–water partition coefficient (Wildman–Crippen LogP) is 2.68. The molecule has 92 valence electrons. The van der Waals surface area contributed by atoms with E-state index in [1.54, 1.807) is 6.07 Å². The molecule has 1 aromatic rings. The monoisotopic (exact) mass is 256 g/mol. The lowest BCUT2D eigenvalue weighted by Crippen LogP contribution is -2.02. The van der Waals surface area contributed by atoms with Gasteiger partial charge >= 0.3 is 5.97 Å². The van der Waals surface area contributed by atoms with Gasteiger partial charge in [-0.15, -0.1) is 11.8 Å². The third kappa shape index (κ3) is 4.19. The van der Waals surface area contributed by atoms with Gasteiger partial charge in [0.1, 0.15) is 5.82 Å². The number of benzene rings is 1. The molecule has 0 saturated carbocycles. The quantitative estimate of drug-likeness (QED) is 0.461. The second kappa shape index (κ2) is 6.39. The molecule has 0 aliphatic carbocycles. The Morgan fingerprint density at radius 1 is 1.41 bits per heavy atom. The number of Topliss-reactive ketones (excluding diaryl/α,β-unsaturated/α-hetero) is 1. The zero-order valence-corrected chi connectivity index (χ0v) is 10.5. The van der Waals surface area contributed by atoms with Crippen molar-refractivity contribution in [3.8, 4) is 0 Å². The first kappa shape index (κ1) is 13.7. The average molecular weight is 256 g/mol. The minimum Gasteiger partial charge on any atom is -0.469 e. The molecule has 3 nitrogen and oxygen atoms in total. The van der Waals surface area contributed by atoms with Gasteiger partial charge in [0.25, 0.3) is 0 Å². The first-order valence-electron chi connectivity index (χ1n) is 5.04. The summed E-state index contributed by atoms with van der Waals surface area (Å²) in [5.41, 5.74) is 0.347. The number of halogens is 1. The number of carbonyl (C=O) groups excluding carboxylic acids is 2. The highest BCUT2D eigenvalue weighted by atomic mass is 32.2. The van der Waals surface area contributed by atoms with Crippen LogP contribution in [0, 0.1) is 5.82 Å². The molecule has 0 amide bonds. The maximum atomic E-state index is 13.0. The maximum absolute atomic E-state index is 13.0. The molecule has 1 aromatic carbocycles. The Morgan fingerprint density at radius 2 is 2.12 bits per heavy atom. The average Bonchev–Trinajstić information content (AvgIpc) is 2.30. The number of thioether (sulfide) groups is 1. The molecule has 1 rings (SSSR count). The minimum absolute atomic E-state index is 0.190. The van der Waals surface area contributed by atoms with Crippen molar-refractivity contribution in [3.63, 3.8) is 0 Å². The van der Waals surface area contributed by atoms with Crippen LogP contribution in [0.3, 0.4) is 0 Å². The molecule has 0 radical (unpaired) electrons. The highest BCUT2D eigenvalue weighted by Gasteiger charge is 2.10. The van der Waals surface area contributed by atoms with Crippen molar-refractivity contribution in [2.75, 3.05) is 12.9 Å². The summed E-state index contributed by atoms with van der Waals surface area (Å²) in [6, 6.07) is 4.06. The molecule has 0 saturated heterocycles. The summed E-state index contributed by atoms with van der Waals surface area (Å²) in [5, 5.41) is 0. The lowest BCUT2D eigenvalue weighted by molar-refractivity contribution is -0.140. The highest BCUT2D eigenvalue weighted by Crippen LogP contribution is 2.24. The van der Waals surface area contributed by atoms with Gasteiger partial charge in [-0.05, 0) is 25.1 Å². The number of rotatable bonds is 5. The first-order valence-corrected chi connectivity index (χ1v) is 6.03. The van der Waals surface area contributed by atoms with Gasteiger partial charge in [0.05, 0.1) is 13.5 Å². The smallest absolute Gasteiger partial charge is 0.306 e. The summed E-state index contributed by atoms with van der Waals surface area (Å²) < 4.78 is 17.5. The van der Waals surface area contributed by atoms with Crippen molar-refractivity contribution in [1.29, 1.82) is 0 Å². The number of esters is 1. The Morgan fingerprint density at radius 3 is 2.71 bits per heavy atom. The van der Waals surface area contributed by atoms with Gasteiger partial charge in [0, 0.05) is 16.2 Å². The van der Waals surface area contributed by atoms with Crippen LogP contribution in [0.1, 0.15) is 23.7 Å². The number of ketones is 1. The van der Waals surface area contributed by atoms with E-state index in [-0.39, 0.29) is 18.2 Å². The molecule has 0 aromatic heterocycles. The molecule has 0 spiro atoms. The molecule has 0 N–H and O–H groups in total. The normalized spacial score (nSPS) is 10.1. The van der Waals surface area contributed by atoms with Crippen molar-refractivity contribution < 1.29 is 18.7 Å². The van der Waals surface area contributed by atoms with E-state index in [4.69, 9.17) is 0 Å². The van der Waals surface area contributed by atoms with Crippen LogP contribution in [0.2, 0.25) is 0 Å². The summed E-state index contributed by atoms with van der Waals surface area (Å²) in [6.45, 7) is 1.39. The van der Waals surface area contributed by atoms with E-state index in [9.17, 15) is 14.0 Å². The van der Waals surface area contributed by atoms with Crippen molar-refractivity contribution in [3.05, 3.63) is 29.6 Å². The van der Waals surface area contributed by atoms with E-state index in [2.05, 4.69) is 4.74 Å². The standard InChI is InChI=1S/C12H13FO3S/c1-8(14)10-7-9(13)3-4-11(10)17-6-5-12(15)16-2/h3-4,7H,5-6H2,1-2H3. The van der Waals surface area contributed by atoms with E-state index < -0.39 is 5.82 Å². The van der Waals surface area contributed by atoms with Gasteiger partial charge in [0.2, 0.25) is 0 Å². The SMILES string of the molecule is COC(=O)CCSc1ccc(F)cc1C(C)=O. The summed E-state index contributed by atoms with van der Waals surface area (Å²) in [4.78, 5) is 22.9. The molecule has 0 bridgehead atoms. The van der Waals surface area contributed by atoms with Crippen LogP contribution in [0.25, 0.3) is 0 Å². The third-order valence-electron chi connectivity index (χ3n) is 2.11. The largest absolute Gasteiger partial charge is 0.469 e. The van der Waals surface area contributed by atoms with Crippen LogP contribution in [-0.2, 0) is 9.53 Å². The van der Waals surface area contributed by atoms with E-state index >= 15 is 0 Å². The number of ether oxygens (including phenoxy) is 1. The van der Waals surface area contributed by atoms with E-state index in [0.29, 0.717) is 16.2 Å². The zero-order valence-electron chi connectivity index (χ0n) is 9.66. The van der Waals surface area contributed by atoms with Gasteiger partial charge in [-0.25, -0.2) is 4.39 Å². The fraction of sp³-hybridized carbons (Fsp3) is 0.333. The van der Waals surface area contributed by atoms with Crippen LogP contribution in [0.15, 0.2) is 23.1 Å². The first-order chi connectivity index (χ1) is 8.04. The van der Waals surface area contributed by atoms with E-state index in [0.717, 1.165) is 0 Å². The van der Waals surface area contributed by atoms with Crippen molar-refractivity contribution >= 4 is 23.5 Å². The van der Waals surface area contributed by atoms with Crippen LogP contribution in [0.5, 0.6) is 0 Å². The maximum Gasteiger partial charge on any atom is 0.306 e. The molecule has 17 heavy (non-hydrogen) atoms. The minimum atomic E-state index is -0.437. The fourth-order valence-electron chi connectivity index (χ4n) is 1.25. The number of hydrogen-bond donors (Lipinski definition) is 0. The van der Waals surface area contributed by atoms with Gasteiger partial charge in [-0.2, -0.15) is 0 Å².